The number of hydrogen-bond donors (Lipinski definition) is 3. The van der Waals surface area contributed by atoms with Crippen molar-refractivity contribution in [2.24, 2.45) is 11.8 Å². The van der Waals surface area contributed by atoms with Crippen molar-refractivity contribution < 1.29 is 42.6 Å². The van der Waals surface area contributed by atoms with Gasteiger partial charge in [0.25, 0.3) is 5.88 Å². The van der Waals surface area contributed by atoms with E-state index in [1.165, 1.54) is 11.4 Å². The molecule has 3 N–H and O–H groups in total. The van der Waals surface area contributed by atoms with E-state index in [4.69, 9.17) is 9.26 Å². The van der Waals surface area contributed by atoms with Crippen molar-refractivity contribution in [3.63, 3.8) is 0 Å². The molecule has 12 nitrogen and oxygen atoms in total. The molecule has 3 aliphatic rings. The van der Waals surface area contributed by atoms with Crippen LogP contribution in [0.3, 0.4) is 0 Å². The summed E-state index contributed by atoms with van der Waals surface area (Å²) in [5.74, 6) is -4.07. The molecular formula is C35H35N3O9S. The number of benzene rings is 3. The molecule has 4 atom stereocenters. The zero-order chi connectivity index (χ0) is 34.3. The van der Waals surface area contributed by atoms with Crippen LogP contribution in [0.2, 0.25) is 0 Å². The van der Waals surface area contributed by atoms with Crippen LogP contribution in [0.5, 0.6) is 11.6 Å². The SMILES string of the molecule is CN(C)[C@@H]1c2onc(OCc3ccccc3)c2C(=O)[C@@]2(O)C(=O)C3=C(O)c4c(cc5ccc(CN(C)S(C)(=O)=O)cc5c4O)C[C@H]3C[C@@H]12. The summed E-state index contributed by atoms with van der Waals surface area (Å²) in [5, 5.41) is 40.5. The first-order valence-corrected chi connectivity index (χ1v) is 17.3. The Labute approximate surface area is 276 Å². The third kappa shape index (κ3) is 4.83. The molecule has 0 aliphatic heterocycles. The molecule has 7 rings (SSSR count). The van der Waals surface area contributed by atoms with E-state index >= 15 is 0 Å². The van der Waals surface area contributed by atoms with E-state index in [-0.39, 0.29) is 60.1 Å². The van der Waals surface area contributed by atoms with E-state index < -0.39 is 50.8 Å². The quantitative estimate of drug-likeness (QED) is 0.244. The Balaban J connectivity index is 1.30. The van der Waals surface area contributed by atoms with Crippen LogP contribution in [0.1, 0.15) is 50.8 Å². The summed E-state index contributed by atoms with van der Waals surface area (Å²) in [6, 6.07) is 15.5. The fourth-order valence-electron chi connectivity index (χ4n) is 7.54. The van der Waals surface area contributed by atoms with Crippen molar-refractivity contribution in [3.8, 4) is 11.6 Å². The summed E-state index contributed by atoms with van der Waals surface area (Å²) in [6.45, 7) is 0.129. The lowest BCUT2D eigenvalue weighted by Crippen LogP contribution is -2.63. The van der Waals surface area contributed by atoms with Gasteiger partial charge in [0.15, 0.2) is 11.4 Å². The van der Waals surface area contributed by atoms with Gasteiger partial charge in [-0.05, 0) is 66.2 Å². The Morgan fingerprint density at radius 1 is 1.00 bits per heavy atom. The maximum absolute atomic E-state index is 14.4. The predicted molar refractivity (Wildman–Crippen MR) is 175 cm³/mol. The number of ether oxygens (including phenoxy) is 1. The van der Waals surface area contributed by atoms with E-state index in [2.05, 4.69) is 5.16 Å². The number of nitrogens with zero attached hydrogens (tertiary/aromatic N) is 3. The second-order valence-corrected chi connectivity index (χ2v) is 15.3. The zero-order valence-electron chi connectivity index (χ0n) is 26.8. The second kappa shape index (κ2) is 11.3. The van der Waals surface area contributed by atoms with Crippen LogP contribution in [0, 0.1) is 11.8 Å². The highest BCUT2D eigenvalue weighted by molar-refractivity contribution is 7.88. The van der Waals surface area contributed by atoms with Gasteiger partial charge in [-0.2, -0.15) is 0 Å². The largest absolute Gasteiger partial charge is 0.507 e. The lowest BCUT2D eigenvalue weighted by molar-refractivity contribution is -0.142. The number of aromatic nitrogens is 1. The van der Waals surface area contributed by atoms with Crippen molar-refractivity contribution in [2.45, 2.75) is 37.6 Å². The van der Waals surface area contributed by atoms with Crippen molar-refractivity contribution in [1.82, 2.24) is 14.4 Å². The van der Waals surface area contributed by atoms with Gasteiger partial charge in [0, 0.05) is 30.5 Å². The maximum Gasteiger partial charge on any atom is 0.265 e. The molecule has 1 aromatic heterocycles. The van der Waals surface area contributed by atoms with Crippen LogP contribution in [0.15, 0.2) is 64.7 Å². The number of carbonyl (C=O) groups excluding carboxylic acids is 2. The number of ketones is 2. The van der Waals surface area contributed by atoms with E-state index in [9.17, 15) is 33.3 Å². The fraction of sp³-hybridized carbons (Fsp3) is 0.343. The van der Waals surface area contributed by atoms with Crippen molar-refractivity contribution in [3.05, 3.63) is 93.7 Å². The standard InChI is InChI=1S/C35H35N3O9S/c1-37(2)28-24-15-22-14-21-13-20-11-10-19(16-38(3)48(4,44)45)12-23(20)29(39)25(21)30(40)26(22)32(41)35(24,43)33(42)27-31(28)47-36-34(27)46-17-18-8-6-5-7-9-18/h5-13,22,24,28,39-40,43H,14-17H2,1-4H3/t22-,24-,28-,35-/m0/s1. The molecule has 48 heavy (non-hydrogen) atoms. The van der Waals surface area contributed by atoms with E-state index in [1.807, 2.05) is 36.4 Å². The third-order valence-electron chi connectivity index (χ3n) is 9.95. The van der Waals surface area contributed by atoms with Gasteiger partial charge in [-0.1, -0.05) is 48.5 Å². The van der Waals surface area contributed by atoms with E-state index in [1.54, 1.807) is 37.2 Å². The highest BCUT2D eigenvalue weighted by Crippen LogP contribution is 2.56. The Morgan fingerprint density at radius 2 is 1.73 bits per heavy atom. The maximum atomic E-state index is 14.4. The molecule has 4 aromatic rings. The number of phenolic OH excluding ortho intramolecular Hbond substituents is 1. The van der Waals surface area contributed by atoms with Crippen molar-refractivity contribution in [2.75, 3.05) is 27.4 Å². The number of aliphatic hydroxyl groups is 2. The Hall–Kier alpha value is -4.56. The van der Waals surface area contributed by atoms with Gasteiger partial charge in [0.2, 0.25) is 21.6 Å². The minimum absolute atomic E-state index is 0.0442. The monoisotopic (exact) mass is 673 g/mol. The van der Waals surface area contributed by atoms with Gasteiger partial charge in [-0.25, -0.2) is 12.7 Å². The summed E-state index contributed by atoms with van der Waals surface area (Å²) in [6.07, 6.45) is 1.52. The third-order valence-corrected chi connectivity index (χ3v) is 11.2. The Kier molecular flexibility index (Phi) is 7.51. The number of rotatable bonds is 7. The molecule has 3 aliphatic carbocycles. The lowest BCUT2D eigenvalue weighted by atomic mass is 9.57. The average Bonchev–Trinajstić information content (AvgIpc) is 3.45. The molecule has 1 saturated carbocycles. The van der Waals surface area contributed by atoms with Crippen LogP contribution >= 0.6 is 0 Å². The van der Waals surface area contributed by atoms with Crippen LogP contribution < -0.4 is 4.74 Å². The molecule has 1 fully saturated rings. The summed E-state index contributed by atoms with van der Waals surface area (Å²) in [7, 11) is 1.51. The van der Waals surface area contributed by atoms with Crippen LogP contribution in [0.4, 0.5) is 0 Å². The molecule has 13 heteroatoms. The fourth-order valence-corrected chi connectivity index (χ4v) is 7.92. The first kappa shape index (κ1) is 32.0. The molecule has 0 spiro atoms. The van der Waals surface area contributed by atoms with Gasteiger partial charge in [-0.3, -0.25) is 14.5 Å². The topological polar surface area (TPSA) is 171 Å². The van der Waals surface area contributed by atoms with Gasteiger partial charge < -0.3 is 24.6 Å². The lowest BCUT2D eigenvalue weighted by Gasteiger charge is -2.49. The van der Waals surface area contributed by atoms with E-state index in [0.29, 0.717) is 21.9 Å². The average molecular weight is 674 g/mol. The number of phenols is 1. The summed E-state index contributed by atoms with van der Waals surface area (Å²) in [5.41, 5.74) is -0.740. The van der Waals surface area contributed by atoms with Crippen molar-refractivity contribution >= 4 is 38.1 Å². The summed E-state index contributed by atoms with van der Waals surface area (Å²) < 4.78 is 36.7. The molecule has 250 valence electrons. The molecule has 0 radical (unpaired) electrons. The summed E-state index contributed by atoms with van der Waals surface area (Å²) in [4.78, 5) is 30.4. The first-order chi connectivity index (χ1) is 22.7. The number of sulfonamides is 1. The molecule has 3 aromatic carbocycles. The van der Waals surface area contributed by atoms with Gasteiger partial charge in [-0.15, -0.1) is 0 Å². The zero-order valence-corrected chi connectivity index (χ0v) is 27.6. The molecule has 0 amide bonds. The highest BCUT2D eigenvalue weighted by Gasteiger charge is 2.65. The van der Waals surface area contributed by atoms with Crippen LogP contribution in [-0.2, 0) is 34.4 Å². The van der Waals surface area contributed by atoms with Gasteiger partial charge in [0.1, 0.15) is 23.7 Å². The summed E-state index contributed by atoms with van der Waals surface area (Å²) >= 11 is 0. The number of aliphatic hydroxyl groups excluding tert-OH is 1. The minimum Gasteiger partial charge on any atom is -0.507 e. The smallest absolute Gasteiger partial charge is 0.265 e. The second-order valence-electron chi connectivity index (χ2n) is 13.2. The molecule has 0 unspecified atom stereocenters. The van der Waals surface area contributed by atoms with Crippen LogP contribution in [-0.4, -0.2) is 82.7 Å². The minimum atomic E-state index is -3.46. The van der Waals surface area contributed by atoms with Gasteiger partial charge >= 0.3 is 0 Å². The van der Waals surface area contributed by atoms with Crippen LogP contribution in [0.25, 0.3) is 16.5 Å². The highest BCUT2D eigenvalue weighted by atomic mass is 32.2. The first-order valence-electron chi connectivity index (χ1n) is 15.5. The molecule has 0 bridgehead atoms. The number of Topliss-reactive ketones (excluding diaryl/α,β-unsaturated/α-hetero) is 2. The van der Waals surface area contributed by atoms with Gasteiger partial charge in [0.05, 0.1) is 17.9 Å². The Morgan fingerprint density at radius 3 is 2.42 bits per heavy atom. The molecule has 1 heterocycles. The Bertz CT molecular complexity index is 2140. The number of aromatic hydroxyl groups is 1. The predicted octanol–water partition coefficient (Wildman–Crippen LogP) is 3.76. The van der Waals surface area contributed by atoms with E-state index in [0.717, 1.165) is 11.8 Å². The number of carbonyl (C=O) groups is 2. The molecule has 0 saturated heterocycles. The number of hydrogen-bond acceptors (Lipinski definition) is 11. The number of fused-ring (bicyclic) bond motifs is 5. The van der Waals surface area contributed by atoms with Crippen molar-refractivity contribution in [1.29, 1.82) is 0 Å². The molecular weight excluding hydrogens is 638 g/mol. The normalized spacial score (nSPS) is 23.7.